The van der Waals surface area contributed by atoms with Gasteiger partial charge in [0.1, 0.15) is 12.4 Å². The van der Waals surface area contributed by atoms with Gasteiger partial charge in [-0.1, -0.05) is 24.3 Å². The third kappa shape index (κ3) is 3.17. The molecular formula is C21H24N4O. The van der Waals surface area contributed by atoms with Gasteiger partial charge in [-0.2, -0.15) is 0 Å². The van der Waals surface area contributed by atoms with E-state index in [1.165, 1.54) is 11.3 Å². The molecule has 0 bridgehead atoms. The van der Waals surface area contributed by atoms with Gasteiger partial charge in [-0.05, 0) is 43.7 Å². The number of nitrogens with zero attached hydrogens (tertiary/aromatic N) is 4. The number of carbonyl (C=O) groups is 1. The first-order valence-corrected chi connectivity index (χ1v) is 9.13. The number of piperazine rings is 1. The lowest BCUT2D eigenvalue weighted by molar-refractivity contribution is -0.132. The van der Waals surface area contributed by atoms with E-state index in [4.69, 9.17) is 0 Å². The third-order valence-corrected chi connectivity index (χ3v) is 5.14. The minimum Gasteiger partial charge on any atom is -0.368 e. The Morgan fingerprint density at radius 1 is 1.00 bits per heavy atom. The molecule has 0 spiro atoms. The molecule has 5 nitrogen and oxygen atoms in total. The molecule has 0 N–H and O–H groups in total. The molecule has 1 aromatic heterocycles. The molecule has 134 valence electrons. The summed E-state index contributed by atoms with van der Waals surface area (Å²) in [7, 11) is 0. The summed E-state index contributed by atoms with van der Waals surface area (Å²) in [5.74, 6) is 1.05. The predicted octanol–water partition coefficient (Wildman–Crippen LogP) is 3.00. The lowest BCUT2D eigenvalue weighted by Crippen LogP contribution is -2.49. The van der Waals surface area contributed by atoms with E-state index in [0.717, 1.165) is 43.0 Å². The van der Waals surface area contributed by atoms with Crippen molar-refractivity contribution in [3.8, 4) is 0 Å². The van der Waals surface area contributed by atoms with Crippen molar-refractivity contribution in [2.24, 2.45) is 0 Å². The van der Waals surface area contributed by atoms with Crippen molar-refractivity contribution in [3.05, 3.63) is 59.9 Å². The maximum atomic E-state index is 12.8. The highest BCUT2D eigenvalue weighted by atomic mass is 16.2. The molecule has 1 amide bonds. The minimum absolute atomic E-state index is 0.167. The molecule has 26 heavy (non-hydrogen) atoms. The summed E-state index contributed by atoms with van der Waals surface area (Å²) in [6.45, 7) is 7.70. The first-order chi connectivity index (χ1) is 12.6. The van der Waals surface area contributed by atoms with E-state index in [9.17, 15) is 4.79 Å². The average Bonchev–Trinajstić information content (AvgIpc) is 2.97. The first-order valence-electron chi connectivity index (χ1n) is 9.13. The standard InChI is InChI=1S/C21H24N4O/c1-16-6-5-7-18(14-16)23-10-12-24(13-11-23)21(26)15-25-17(2)22-19-8-3-4-9-20(19)25/h3-9,14H,10-13,15H2,1-2H3. The van der Waals surface area contributed by atoms with Crippen molar-refractivity contribution >= 4 is 22.6 Å². The lowest BCUT2D eigenvalue weighted by Gasteiger charge is -2.36. The largest absolute Gasteiger partial charge is 0.368 e. The van der Waals surface area contributed by atoms with Gasteiger partial charge in [-0.25, -0.2) is 4.98 Å². The predicted molar refractivity (Wildman–Crippen MR) is 104 cm³/mol. The molecule has 1 fully saturated rings. The number of imidazole rings is 1. The topological polar surface area (TPSA) is 41.4 Å². The Bertz CT molecular complexity index is 938. The minimum atomic E-state index is 0.167. The second-order valence-electron chi connectivity index (χ2n) is 6.94. The monoisotopic (exact) mass is 348 g/mol. The molecule has 0 unspecified atom stereocenters. The van der Waals surface area contributed by atoms with Gasteiger partial charge in [0.15, 0.2) is 0 Å². The van der Waals surface area contributed by atoms with Crippen LogP contribution in [0.1, 0.15) is 11.4 Å². The molecule has 1 aliphatic heterocycles. The quantitative estimate of drug-likeness (QED) is 0.731. The number of fused-ring (bicyclic) bond motifs is 1. The van der Waals surface area contributed by atoms with Gasteiger partial charge in [-0.3, -0.25) is 4.79 Å². The van der Waals surface area contributed by atoms with Gasteiger partial charge in [0.05, 0.1) is 11.0 Å². The number of hydrogen-bond donors (Lipinski definition) is 0. The zero-order valence-corrected chi connectivity index (χ0v) is 15.4. The van der Waals surface area contributed by atoms with Crippen molar-refractivity contribution in [2.45, 2.75) is 20.4 Å². The summed E-state index contributed by atoms with van der Waals surface area (Å²) in [6, 6.07) is 16.5. The number of anilines is 1. The van der Waals surface area contributed by atoms with Crippen LogP contribution in [0.2, 0.25) is 0 Å². The molecule has 2 heterocycles. The van der Waals surface area contributed by atoms with Crippen LogP contribution in [-0.4, -0.2) is 46.5 Å². The molecule has 1 aliphatic rings. The van der Waals surface area contributed by atoms with Crippen LogP contribution < -0.4 is 4.90 Å². The number of carbonyl (C=O) groups excluding carboxylic acids is 1. The highest BCUT2D eigenvalue weighted by Crippen LogP contribution is 2.19. The van der Waals surface area contributed by atoms with Gasteiger partial charge in [-0.15, -0.1) is 0 Å². The fourth-order valence-electron chi connectivity index (χ4n) is 3.67. The average molecular weight is 348 g/mol. The zero-order chi connectivity index (χ0) is 18.1. The van der Waals surface area contributed by atoms with E-state index in [2.05, 4.69) is 41.1 Å². The van der Waals surface area contributed by atoms with Crippen molar-refractivity contribution in [2.75, 3.05) is 31.1 Å². The van der Waals surface area contributed by atoms with Crippen molar-refractivity contribution in [3.63, 3.8) is 0 Å². The van der Waals surface area contributed by atoms with Crippen molar-refractivity contribution < 1.29 is 4.79 Å². The zero-order valence-electron chi connectivity index (χ0n) is 15.4. The van der Waals surface area contributed by atoms with Crippen LogP contribution in [0.3, 0.4) is 0 Å². The summed E-state index contributed by atoms with van der Waals surface area (Å²) in [5, 5.41) is 0. The maximum absolute atomic E-state index is 12.8. The molecule has 0 saturated carbocycles. The number of benzene rings is 2. The highest BCUT2D eigenvalue weighted by molar-refractivity contribution is 5.81. The molecule has 1 saturated heterocycles. The second kappa shape index (κ2) is 6.83. The number of rotatable bonds is 3. The van der Waals surface area contributed by atoms with E-state index in [1.54, 1.807) is 0 Å². The van der Waals surface area contributed by atoms with Crippen molar-refractivity contribution in [1.29, 1.82) is 0 Å². The van der Waals surface area contributed by atoms with Crippen LogP contribution >= 0.6 is 0 Å². The Balaban J connectivity index is 1.43. The smallest absolute Gasteiger partial charge is 0.242 e. The molecule has 3 aromatic rings. The van der Waals surface area contributed by atoms with E-state index >= 15 is 0 Å². The van der Waals surface area contributed by atoms with Crippen LogP contribution in [0.25, 0.3) is 11.0 Å². The Morgan fingerprint density at radius 3 is 2.54 bits per heavy atom. The summed E-state index contributed by atoms with van der Waals surface area (Å²) in [6.07, 6.45) is 0. The van der Waals surface area contributed by atoms with Crippen LogP contribution in [0.5, 0.6) is 0 Å². The van der Waals surface area contributed by atoms with E-state index in [-0.39, 0.29) is 5.91 Å². The summed E-state index contributed by atoms with van der Waals surface area (Å²) >= 11 is 0. The number of aromatic nitrogens is 2. The van der Waals surface area contributed by atoms with Gasteiger partial charge in [0.25, 0.3) is 0 Å². The number of hydrogen-bond acceptors (Lipinski definition) is 3. The van der Waals surface area contributed by atoms with Crippen LogP contribution in [0, 0.1) is 13.8 Å². The van der Waals surface area contributed by atoms with Gasteiger partial charge in [0.2, 0.25) is 5.91 Å². The molecule has 2 aromatic carbocycles. The van der Waals surface area contributed by atoms with Gasteiger partial charge >= 0.3 is 0 Å². The van der Waals surface area contributed by atoms with Crippen LogP contribution in [0.15, 0.2) is 48.5 Å². The first kappa shape index (κ1) is 16.6. The molecule has 5 heteroatoms. The summed E-state index contributed by atoms with van der Waals surface area (Å²) in [4.78, 5) is 21.7. The normalized spacial score (nSPS) is 14.8. The van der Waals surface area contributed by atoms with Gasteiger partial charge < -0.3 is 14.4 Å². The number of para-hydroxylation sites is 2. The SMILES string of the molecule is Cc1cccc(N2CCN(C(=O)Cn3c(C)nc4ccccc43)CC2)c1. The maximum Gasteiger partial charge on any atom is 0.242 e. The molecule has 0 aliphatic carbocycles. The van der Waals surface area contributed by atoms with Crippen molar-refractivity contribution in [1.82, 2.24) is 14.5 Å². The Labute approximate surface area is 153 Å². The van der Waals surface area contributed by atoms with Gasteiger partial charge in [0, 0.05) is 31.9 Å². The Kier molecular flexibility index (Phi) is 4.37. The fourth-order valence-corrected chi connectivity index (χ4v) is 3.67. The van der Waals surface area contributed by atoms with Crippen LogP contribution in [-0.2, 0) is 11.3 Å². The van der Waals surface area contributed by atoms with E-state index in [0.29, 0.717) is 6.54 Å². The second-order valence-corrected chi connectivity index (χ2v) is 6.94. The molecular weight excluding hydrogens is 324 g/mol. The number of aryl methyl sites for hydroxylation is 2. The van der Waals surface area contributed by atoms with E-state index < -0.39 is 0 Å². The molecule has 4 rings (SSSR count). The Morgan fingerprint density at radius 2 is 1.77 bits per heavy atom. The summed E-state index contributed by atoms with van der Waals surface area (Å²) in [5.41, 5.74) is 4.48. The molecule has 0 atom stereocenters. The Hall–Kier alpha value is -2.82. The van der Waals surface area contributed by atoms with E-state index in [1.807, 2.05) is 40.7 Å². The van der Waals surface area contributed by atoms with Crippen LogP contribution in [0.4, 0.5) is 5.69 Å². The molecule has 0 radical (unpaired) electrons. The summed E-state index contributed by atoms with van der Waals surface area (Å²) < 4.78 is 2.02. The lowest BCUT2D eigenvalue weighted by atomic mass is 10.2. The highest BCUT2D eigenvalue weighted by Gasteiger charge is 2.22. The third-order valence-electron chi connectivity index (χ3n) is 5.14. The fraction of sp³-hybridized carbons (Fsp3) is 0.333. The number of amides is 1.